The van der Waals surface area contributed by atoms with Crippen molar-refractivity contribution in [3.05, 3.63) is 28.2 Å². The smallest absolute Gasteiger partial charge is 0.258 e. The molecule has 0 bridgehead atoms. The molecule has 0 unspecified atom stereocenters. The number of rotatable bonds is 6. The summed E-state index contributed by atoms with van der Waals surface area (Å²) in [4.78, 5) is 12.0. The van der Waals surface area contributed by atoms with Crippen LogP contribution in [0.25, 0.3) is 0 Å². The molecule has 1 aromatic rings. The van der Waals surface area contributed by atoms with Crippen molar-refractivity contribution in [2.75, 3.05) is 6.61 Å². The lowest BCUT2D eigenvalue weighted by Crippen LogP contribution is -2.43. The van der Waals surface area contributed by atoms with Gasteiger partial charge in [-0.3, -0.25) is 4.79 Å². The van der Waals surface area contributed by atoms with Gasteiger partial charge >= 0.3 is 0 Å². The summed E-state index contributed by atoms with van der Waals surface area (Å²) in [5, 5.41) is 6.55. The normalized spacial score (nSPS) is 15.4. The van der Waals surface area contributed by atoms with E-state index in [-0.39, 0.29) is 30.5 Å². The van der Waals surface area contributed by atoms with E-state index in [9.17, 15) is 4.79 Å². The van der Waals surface area contributed by atoms with Crippen molar-refractivity contribution in [1.82, 2.24) is 10.6 Å². The van der Waals surface area contributed by atoms with Crippen LogP contribution in [-0.2, 0) is 11.3 Å². The number of carbonyl (C=O) groups excluding carboxylic acids is 1. The highest BCUT2D eigenvalue weighted by atomic mass is 79.9. The average Bonchev–Trinajstić information content (AvgIpc) is 2.51. The predicted molar refractivity (Wildman–Crippen MR) is 108 cm³/mol. The van der Waals surface area contributed by atoms with Crippen LogP contribution in [0, 0.1) is 0 Å². The molecule has 1 aliphatic carbocycles. The van der Waals surface area contributed by atoms with E-state index in [1.54, 1.807) is 0 Å². The second-order valence-corrected chi connectivity index (χ2v) is 8.47. The Morgan fingerprint density at radius 1 is 1.24 bits per heavy atom. The van der Waals surface area contributed by atoms with Crippen LogP contribution in [0.4, 0.5) is 0 Å². The second kappa shape index (κ2) is 10.4. The SMILES string of the molecule is CC(C)(C)NC(=O)COc1ccc(Br)cc1CNC1CCCCC1.Cl. The Hall–Kier alpha value is -0.780. The Kier molecular flexibility index (Phi) is 9.25. The third-order valence-corrected chi connectivity index (χ3v) is 4.58. The first-order valence-corrected chi connectivity index (χ1v) is 9.58. The third kappa shape index (κ3) is 8.43. The molecule has 0 spiro atoms. The van der Waals surface area contributed by atoms with Gasteiger partial charge in [-0.05, 0) is 51.8 Å². The summed E-state index contributed by atoms with van der Waals surface area (Å²) in [6.07, 6.45) is 6.47. The number of hydrogen-bond acceptors (Lipinski definition) is 3. The van der Waals surface area contributed by atoms with Crippen LogP contribution in [0.2, 0.25) is 0 Å². The number of benzene rings is 1. The van der Waals surface area contributed by atoms with E-state index in [1.807, 2.05) is 32.9 Å². The average molecular weight is 434 g/mol. The molecule has 0 radical (unpaired) electrons. The van der Waals surface area contributed by atoms with Crippen molar-refractivity contribution in [1.29, 1.82) is 0 Å². The van der Waals surface area contributed by atoms with E-state index < -0.39 is 0 Å². The number of nitrogens with one attached hydrogen (secondary N) is 2. The fourth-order valence-electron chi connectivity index (χ4n) is 2.99. The van der Waals surface area contributed by atoms with Gasteiger partial charge in [0.05, 0.1) is 0 Å². The number of amides is 1. The van der Waals surface area contributed by atoms with Crippen LogP contribution in [0.15, 0.2) is 22.7 Å². The predicted octanol–water partition coefficient (Wildman–Crippen LogP) is 4.59. The van der Waals surface area contributed by atoms with E-state index in [0.717, 1.165) is 22.3 Å². The monoisotopic (exact) mass is 432 g/mol. The van der Waals surface area contributed by atoms with Crippen molar-refractivity contribution in [3.8, 4) is 5.75 Å². The van der Waals surface area contributed by atoms with Gasteiger partial charge < -0.3 is 15.4 Å². The van der Waals surface area contributed by atoms with Gasteiger partial charge in [0, 0.05) is 28.2 Å². The van der Waals surface area contributed by atoms with Crippen molar-refractivity contribution in [3.63, 3.8) is 0 Å². The third-order valence-electron chi connectivity index (χ3n) is 4.08. The molecule has 25 heavy (non-hydrogen) atoms. The summed E-state index contributed by atoms with van der Waals surface area (Å²) in [7, 11) is 0. The van der Waals surface area contributed by atoms with Crippen molar-refractivity contribution < 1.29 is 9.53 Å². The summed E-state index contributed by atoms with van der Waals surface area (Å²) in [6, 6.07) is 6.52. The molecule has 0 atom stereocenters. The maximum Gasteiger partial charge on any atom is 0.258 e. The molecule has 2 rings (SSSR count). The first-order valence-electron chi connectivity index (χ1n) is 8.79. The number of ether oxygens (including phenoxy) is 1. The molecule has 142 valence electrons. The lowest BCUT2D eigenvalue weighted by molar-refractivity contribution is -0.124. The fourth-order valence-corrected chi connectivity index (χ4v) is 3.39. The van der Waals surface area contributed by atoms with E-state index in [0.29, 0.717) is 6.04 Å². The largest absolute Gasteiger partial charge is 0.483 e. The first kappa shape index (κ1) is 22.3. The van der Waals surface area contributed by atoms with Crippen LogP contribution in [-0.4, -0.2) is 24.1 Å². The van der Waals surface area contributed by atoms with E-state index in [1.165, 1.54) is 32.1 Å². The quantitative estimate of drug-likeness (QED) is 0.690. The molecular weight excluding hydrogens is 404 g/mol. The van der Waals surface area contributed by atoms with Crippen LogP contribution < -0.4 is 15.4 Å². The highest BCUT2D eigenvalue weighted by Gasteiger charge is 2.16. The molecule has 0 aliphatic heterocycles. The van der Waals surface area contributed by atoms with Gasteiger partial charge in [-0.25, -0.2) is 0 Å². The van der Waals surface area contributed by atoms with Crippen LogP contribution in [0.5, 0.6) is 5.75 Å². The van der Waals surface area contributed by atoms with E-state index in [4.69, 9.17) is 4.74 Å². The molecule has 1 saturated carbocycles. The van der Waals surface area contributed by atoms with Crippen LogP contribution in [0.3, 0.4) is 0 Å². The van der Waals surface area contributed by atoms with Crippen molar-refractivity contribution in [2.24, 2.45) is 0 Å². The molecule has 4 nitrogen and oxygen atoms in total. The fraction of sp³-hybridized carbons (Fsp3) is 0.632. The highest BCUT2D eigenvalue weighted by Crippen LogP contribution is 2.24. The minimum atomic E-state index is -0.245. The molecule has 2 N–H and O–H groups in total. The van der Waals surface area contributed by atoms with E-state index >= 15 is 0 Å². The molecular formula is C19H30BrClN2O2. The molecule has 0 aromatic heterocycles. The summed E-state index contributed by atoms with van der Waals surface area (Å²) >= 11 is 3.52. The topological polar surface area (TPSA) is 50.4 Å². The number of carbonyl (C=O) groups is 1. The van der Waals surface area contributed by atoms with Crippen LogP contribution >= 0.6 is 28.3 Å². The minimum absolute atomic E-state index is 0. The zero-order valence-corrected chi connectivity index (χ0v) is 17.8. The first-order chi connectivity index (χ1) is 11.3. The van der Waals surface area contributed by atoms with Gasteiger partial charge in [-0.2, -0.15) is 0 Å². The molecule has 1 amide bonds. The van der Waals surface area contributed by atoms with Gasteiger partial charge in [0.15, 0.2) is 6.61 Å². The lowest BCUT2D eigenvalue weighted by Gasteiger charge is -2.24. The zero-order chi connectivity index (χ0) is 17.6. The molecule has 6 heteroatoms. The Morgan fingerprint density at radius 2 is 1.92 bits per heavy atom. The highest BCUT2D eigenvalue weighted by molar-refractivity contribution is 9.10. The van der Waals surface area contributed by atoms with Crippen LogP contribution in [0.1, 0.15) is 58.4 Å². The molecule has 0 saturated heterocycles. The molecule has 1 fully saturated rings. The van der Waals surface area contributed by atoms with Gasteiger partial charge in [0.1, 0.15) is 5.75 Å². The Balaban J connectivity index is 0.00000312. The molecule has 0 heterocycles. The summed E-state index contributed by atoms with van der Waals surface area (Å²) < 4.78 is 6.79. The van der Waals surface area contributed by atoms with Crippen molar-refractivity contribution in [2.45, 2.75) is 71.0 Å². The molecule has 1 aromatic carbocycles. The van der Waals surface area contributed by atoms with Gasteiger partial charge in [-0.1, -0.05) is 35.2 Å². The standard InChI is InChI=1S/C19H29BrN2O2.ClH/c1-19(2,3)22-18(23)13-24-17-10-9-15(20)11-14(17)12-21-16-7-5-4-6-8-16;/h9-11,16,21H,4-8,12-13H2,1-3H3,(H,22,23);1H. The number of hydrogen-bond donors (Lipinski definition) is 2. The van der Waals surface area contributed by atoms with Crippen molar-refractivity contribution >= 4 is 34.2 Å². The Morgan fingerprint density at radius 3 is 2.56 bits per heavy atom. The zero-order valence-electron chi connectivity index (χ0n) is 15.4. The maximum absolute atomic E-state index is 12.0. The minimum Gasteiger partial charge on any atom is -0.483 e. The molecule has 1 aliphatic rings. The maximum atomic E-state index is 12.0. The summed E-state index contributed by atoms with van der Waals surface area (Å²) in [5.74, 6) is 0.669. The van der Waals surface area contributed by atoms with Gasteiger partial charge in [-0.15, -0.1) is 12.4 Å². The summed E-state index contributed by atoms with van der Waals surface area (Å²) in [6.45, 7) is 6.69. The summed E-state index contributed by atoms with van der Waals surface area (Å²) in [5.41, 5.74) is 0.837. The van der Waals surface area contributed by atoms with E-state index in [2.05, 4.69) is 32.6 Å². The Labute approximate surface area is 166 Å². The Bertz CT molecular complexity index is 555. The second-order valence-electron chi connectivity index (χ2n) is 7.55. The number of halogens is 2. The van der Waals surface area contributed by atoms with Gasteiger partial charge in [0.25, 0.3) is 5.91 Å². The van der Waals surface area contributed by atoms with Gasteiger partial charge in [0.2, 0.25) is 0 Å². The lowest BCUT2D eigenvalue weighted by atomic mass is 9.95.